The van der Waals surface area contributed by atoms with Crippen LogP contribution in [0.2, 0.25) is 0 Å². The smallest absolute Gasteiger partial charge is 0.378 e. The molecule has 16 heavy (non-hydrogen) atoms. The van der Waals surface area contributed by atoms with Crippen molar-refractivity contribution in [3.05, 3.63) is 0 Å². The van der Waals surface area contributed by atoms with E-state index in [2.05, 4.69) is 4.74 Å². The molecule has 0 aromatic rings. The first kappa shape index (κ1) is 13.6. The normalized spacial score (nSPS) is 22.7. The molecule has 96 valence electrons. The number of rotatable bonds is 5. The van der Waals surface area contributed by atoms with E-state index in [0.29, 0.717) is 13.0 Å². The van der Waals surface area contributed by atoms with Crippen molar-refractivity contribution in [1.29, 1.82) is 0 Å². The molecule has 1 aliphatic heterocycles. The molecule has 1 fully saturated rings. The number of hydrogen-bond donors (Lipinski definition) is 0. The minimum absolute atomic E-state index is 0.0699. The number of halogens is 5. The van der Waals surface area contributed by atoms with Crippen molar-refractivity contribution >= 4 is 0 Å². The second kappa shape index (κ2) is 5.27. The zero-order chi connectivity index (χ0) is 12.2. The maximum absolute atomic E-state index is 12.3. The van der Waals surface area contributed by atoms with Crippen LogP contribution < -0.4 is 0 Å². The SMILES string of the molecule is FC(F)(F)C(F)(F)COCCC1CCCO1. The van der Waals surface area contributed by atoms with Crippen LogP contribution >= 0.6 is 0 Å². The third-order valence-corrected chi connectivity index (χ3v) is 2.31. The quantitative estimate of drug-likeness (QED) is 0.550. The Labute approximate surface area is 89.7 Å². The summed E-state index contributed by atoms with van der Waals surface area (Å²) in [7, 11) is 0. The fourth-order valence-electron chi connectivity index (χ4n) is 1.37. The fourth-order valence-corrected chi connectivity index (χ4v) is 1.37. The summed E-state index contributed by atoms with van der Waals surface area (Å²) in [6.45, 7) is -1.15. The summed E-state index contributed by atoms with van der Waals surface area (Å²) in [4.78, 5) is 0. The van der Waals surface area contributed by atoms with E-state index >= 15 is 0 Å². The van der Waals surface area contributed by atoms with Crippen LogP contribution in [0.1, 0.15) is 19.3 Å². The van der Waals surface area contributed by atoms with Crippen LogP contribution in [0, 0.1) is 0 Å². The van der Waals surface area contributed by atoms with Gasteiger partial charge in [0.1, 0.15) is 6.61 Å². The van der Waals surface area contributed by atoms with Crippen LogP contribution in [0.3, 0.4) is 0 Å². The van der Waals surface area contributed by atoms with Crippen molar-refractivity contribution in [2.24, 2.45) is 0 Å². The highest BCUT2D eigenvalue weighted by Crippen LogP contribution is 2.35. The standard InChI is InChI=1S/C9H13F5O2/c10-8(11,9(12,13)14)6-15-5-3-7-2-1-4-16-7/h7H,1-6H2. The van der Waals surface area contributed by atoms with Gasteiger partial charge in [-0.2, -0.15) is 22.0 Å². The Hall–Kier alpha value is -0.430. The number of hydrogen-bond acceptors (Lipinski definition) is 2. The average Bonchev–Trinajstić information content (AvgIpc) is 2.63. The highest BCUT2D eigenvalue weighted by molar-refractivity contribution is 4.75. The highest BCUT2D eigenvalue weighted by atomic mass is 19.4. The highest BCUT2D eigenvalue weighted by Gasteiger charge is 2.57. The Bertz CT molecular complexity index is 210. The first-order valence-corrected chi connectivity index (χ1v) is 4.97. The van der Waals surface area contributed by atoms with E-state index in [4.69, 9.17) is 4.74 Å². The summed E-state index contributed by atoms with van der Waals surface area (Å²) in [6.07, 6.45) is -3.56. The molecule has 0 bridgehead atoms. The van der Waals surface area contributed by atoms with Crippen molar-refractivity contribution in [2.45, 2.75) is 37.5 Å². The topological polar surface area (TPSA) is 18.5 Å². The molecular weight excluding hydrogens is 235 g/mol. The molecule has 1 heterocycles. The average molecular weight is 248 g/mol. The third-order valence-electron chi connectivity index (χ3n) is 2.31. The summed E-state index contributed by atoms with van der Waals surface area (Å²) in [5.41, 5.74) is 0. The van der Waals surface area contributed by atoms with Crippen molar-refractivity contribution < 1.29 is 31.4 Å². The zero-order valence-electron chi connectivity index (χ0n) is 8.53. The molecule has 1 rings (SSSR count). The van der Waals surface area contributed by atoms with Crippen LogP contribution in [-0.4, -0.2) is 38.0 Å². The van der Waals surface area contributed by atoms with Gasteiger partial charge in [-0.15, -0.1) is 0 Å². The van der Waals surface area contributed by atoms with Gasteiger partial charge in [0.05, 0.1) is 6.10 Å². The monoisotopic (exact) mass is 248 g/mol. The molecule has 1 aliphatic rings. The Kier molecular flexibility index (Phi) is 4.49. The van der Waals surface area contributed by atoms with Crippen molar-refractivity contribution in [3.8, 4) is 0 Å². The maximum Gasteiger partial charge on any atom is 0.455 e. The largest absolute Gasteiger partial charge is 0.455 e. The van der Waals surface area contributed by atoms with Gasteiger partial charge < -0.3 is 9.47 Å². The van der Waals surface area contributed by atoms with E-state index in [-0.39, 0.29) is 12.7 Å². The molecule has 0 aromatic heterocycles. The molecule has 0 saturated carbocycles. The predicted octanol–water partition coefficient (Wildman–Crippen LogP) is 2.77. The Morgan fingerprint density at radius 1 is 1.19 bits per heavy atom. The van der Waals surface area contributed by atoms with Crippen molar-refractivity contribution in [3.63, 3.8) is 0 Å². The van der Waals surface area contributed by atoms with Gasteiger partial charge in [0.25, 0.3) is 0 Å². The zero-order valence-corrected chi connectivity index (χ0v) is 8.53. The Balaban J connectivity index is 2.14. The lowest BCUT2D eigenvalue weighted by Crippen LogP contribution is -2.40. The van der Waals surface area contributed by atoms with Gasteiger partial charge in [0.2, 0.25) is 0 Å². The molecule has 7 heteroatoms. The molecule has 0 spiro atoms. The van der Waals surface area contributed by atoms with E-state index in [1.165, 1.54) is 0 Å². The van der Waals surface area contributed by atoms with Crippen LogP contribution in [-0.2, 0) is 9.47 Å². The number of alkyl halides is 5. The lowest BCUT2D eigenvalue weighted by atomic mass is 10.2. The predicted molar refractivity (Wildman–Crippen MR) is 45.4 cm³/mol. The summed E-state index contributed by atoms with van der Waals surface area (Å²) in [6, 6.07) is 0. The van der Waals surface area contributed by atoms with Crippen LogP contribution in [0.4, 0.5) is 22.0 Å². The molecule has 0 radical (unpaired) electrons. The molecule has 1 atom stereocenters. The molecule has 2 nitrogen and oxygen atoms in total. The van der Waals surface area contributed by atoms with Gasteiger partial charge >= 0.3 is 12.1 Å². The van der Waals surface area contributed by atoms with Crippen molar-refractivity contribution in [1.82, 2.24) is 0 Å². The van der Waals surface area contributed by atoms with Crippen LogP contribution in [0.15, 0.2) is 0 Å². The summed E-state index contributed by atoms with van der Waals surface area (Å²) in [5, 5.41) is 0. The fraction of sp³-hybridized carbons (Fsp3) is 1.00. The van der Waals surface area contributed by atoms with Gasteiger partial charge in [0.15, 0.2) is 0 Å². The van der Waals surface area contributed by atoms with E-state index in [9.17, 15) is 22.0 Å². The molecule has 1 unspecified atom stereocenters. The molecule has 1 saturated heterocycles. The molecule has 0 aliphatic carbocycles. The van der Waals surface area contributed by atoms with Gasteiger partial charge in [-0.1, -0.05) is 0 Å². The van der Waals surface area contributed by atoms with E-state index in [1.807, 2.05) is 0 Å². The Morgan fingerprint density at radius 2 is 1.88 bits per heavy atom. The van der Waals surface area contributed by atoms with Crippen molar-refractivity contribution in [2.75, 3.05) is 19.8 Å². The lowest BCUT2D eigenvalue weighted by molar-refractivity contribution is -0.296. The second-order valence-electron chi connectivity index (χ2n) is 3.68. The van der Waals surface area contributed by atoms with E-state index in [0.717, 1.165) is 12.8 Å². The Morgan fingerprint density at radius 3 is 2.38 bits per heavy atom. The lowest BCUT2D eigenvalue weighted by Gasteiger charge is -2.19. The maximum atomic E-state index is 12.3. The van der Waals surface area contributed by atoms with Gasteiger partial charge in [-0.05, 0) is 19.3 Å². The van der Waals surface area contributed by atoms with E-state index < -0.39 is 18.7 Å². The summed E-state index contributed by atoms with van der Waals surface area (Å²) >= 11 is 0. The first-order valence-electron chi connectivity index (χ1n) is 4.97. The second-order valence-corrected chi connectivity index (χ2v) is 3.68. The number of ether oxygens (including phenoxy) is 2. The minimum Gasteiger partial charge on any atom is -0.378 e. The molecular formula is C9H13F5O2. The van der Waals surface area contributed by atoms with Crippen LogP contribution in [0.5, 0.6) is 0 Å². The van der Waals surface area contributed by atoms with E-state index in [1.54, 1.807) is 0 Å². The van der Waals surface area contributed by atoms with Gasteiger partial charge in [-0.25, -0.2) is 0 Å². The van der Waals surface area contributed by atoms with Crippen LogP contribution in [0.25, 0.3) is 0 Å². The molecule has 0 N–H and O–H groups in total. The molecule has 0 aromatic carbocycles. The first-order chi connectivity index (χ1) is 7.33. The van der Waals surface area contributed by atoms with Gasteiger partial charge in [-0.3, -0.25) is 0 Å². The molecule has 0 amide bonds. The third kappa shape index (κ3) is 3.86. The minimum atomic E-state index is -5.54. The van der Waals surface area contributed by atoms with Gasteiger partial charge in [0, 0.05) is 13.2 Å². The summed E-state index contributed by atoms with van der Waals surface area (Å²) < 4.78 is 69.3. The summed E-state index contributed by atoms with van der Waals surface area (Å²) in [5.74, 6) is -4.77.